The van der Waals surface area contributed by atoms with Gasteiger partial charge >= 0.3 is 11.7 Å². The first-order valence-corrected chi connectivity index (χ1v) is 10.6. The number of anilines is 1. The molecule has 0 unspecified atom stereocenters. The van der Waals surface area contributed by atoms with Crippen molar-refractivity contribution in [3.63, 3.8) is 0 Å². The second kappa shape index (κ2) is 9.18. The lowest BCUT2D eigenvalue weighted by atomic mass is 10.2. The summed E-state index contributed by atoms with van der Waals surface area (Å²) in [5, 5.41) is 13.0. The number of carbonyl (C=O) groups is 2. The van der Waals surface area contributed by atoms with Crippen LogP contribution in [0.25, 0.3) is 0 Å². The number of nitrogens with one attached hydrogen (secondary N) is 1. The highest BCUT2D eigenvalue weighted by molar-refractivity contribution is 7.89. The monoisotopic (exact) mass is 451 g/mol. The summed E-state index contributed by atoms with van der Waals surface area (Å²) in [4.78, 5) is 33.9. The van der Waals surface area contributed by atoms with Gasteiger partial charge in [0.15, 0.2) is 6.61 Å². The van der Waals surface area contributed by atoms with Gasteiger partial charge in [0.1, 0.15) is 0 Å². The van der Waals surface area contributed by atoms with E-state index in [-0.39, 0.29) is 16.1 Å². The van der Waals surface area contributed by atoms with Gasteiger partial charge in [-0.05, 0) is 49.2 Å². The van der Waals surface area contributed by atoms with Crippen molar-refractivity contribution >= 4 is 33.3 Å². The number of benzene rings is 2. The van der Waals surface area contributed by atoms with Crippen molar-refractivity contribution in [3.8, 4) is 0 Å². The largest absolute Gasteiger partial charge is 0.452 e. The number of carbonyl (C=O) groups excluding carboxylic acids is 2. The Morgan fingerprint density at radius 2 is 1.77 bits per heavy atom. The number of nitro groups is 1. The Labute approximate surface area is 176 Å². The molecule has 0 aliphatic carbocycles. The first-order valence-electron chi connectivity index (χ1n) is 9.19. The van der Waals surface area contributed by atoms with Crippen LogP contribution in [0.3, 0.4) is 0 Å². The Kier molecular flexibility index (Phi) is 6.61. The molecule has 12 heteroatoms. The van der Waals surface area contributed by atoms with Crippen molar-refractivity contribution in [3.05, 3.63) is 64.0 Å². The molecule has 1 saturated heterocycles. The van der Waals surface area contributed by atoms with Gasteiger partial charge in [-0.25, -0.2) is 13.2 Å². The fourth-order valence-corrected chi connectivity index (χ4v) is 4.50. The van der Waals surface area contributed by atoms with E-state index >= 15 is 0 Å². The van der Waals surface area contributed by atoms with Gasteiger partial charge in [-0.1, -0.05) is 0 Å². The van der Waals surface area contributed by atoms with Crippen molar-refractivity contribution in [1.29, 1.82) is 0 Å². The maximum absolute atomic E-state index is 13.3. The number of esters is 1. The van der Waals surface area contributed by atoms with E-state index in [0.717, 1.165) is 31.0 Å². The molecule has 1 N–H and O–H groups in total. The third-order valence-electron chi connectivity index (χ3n) is 4.55. The number of nitrogens with zero attached hydrogens (tertiary/aromatic N) is 2. The Balaban J connectivity index is 1.57. The molecule has 1 aliphatic rings. The lowest BCUT2D eigenvalue weighted by molar-refractivity contribution is -0.387. The standard InChI is InChI=1S/C19H18FN3O7S/c20-16-8-5-14(11-17(16)23(26)27)21-18(24)12-30-19(25)13-3-6-15(7-4-13)31(28,29)22-9-1-2-10-22/h3-8,11H,1-2,9-10,12H2,(H,21,24). The average molecular weight is 451 g/mol. The van der Waals surface area contributed by atoms with Gasteiger partial charge in [-0.2, -0.15) is 8.70 Å². The topological polar surface area (TPSA) is 136 Å². The Hall–Kier alpha value is -3.38. The molecular weight excluding hydrogens is 433 g/mol. The summed E-state index contributed by atoms with van der Waals surface area (Å²) in [5.41, 5.74) is -0.796. The molecule has 31 heavy (non-hydrogen) atoms. The first-order chi connectivity index (χ1) is 14.7. The van der Waals surface area contributed by atoms with Crippen LogP contribution in [0.5, 0.6) is 0 Å². The van der Waals surface area contributed by atoms with Crippen molar-refractivity contribution in [1.82, 2.24) is 4.31 Å². The maximum atomic E-state index is 13.3. The van der Waals surface area contributed by atoms with Gasteiger partial charge < -0.3 is 10.1 Å². The van der Waals surface area contributed by atoms with Crippen LogP contribution in [0.15, 0.2) is 47.4 Å². The van der Waals surface area contributed by atoms with Crippen molar-refractivity contribution in [2.24, 2.45) is 0 Å². The van der Waals surface area contributed by atoms with Gasteiger partial charge in [0.25, 0.3) is 5.91 Å². The van der Waals surface area contributed by atoms with Crippen LogP contribution >= 0.6 is 0 Å². The minimum Gasteiger partial charge on any atom is -0.452 e. The number of nitro benzene ring substituents is 1. The van der Waals surface area contributed by atoms with Gasteiger partial charge in [-0.15, -0.1) is 0 Å². The Morgan fingerprint density at radius 1 is 1.13 bits per heavy atom. The normalized spacial score (nSPS) is 14.2. The quantitative estimate of drug-likeness (QED) is 0.388. The third kappa shape index (κ3) is 5.22. The zero-order chi connectivity index (χ0) is 22.6. The molecule has 1 amide bonds. The molecule has 0 bridgehead atoms. The first kappa shape index (κ1) is 22.3. The fraction of sp³-hybridized carbons (Fsp3) is 0.263. The van der Waals surface area contributed by atoms with Crippen LogP contribution in [-0.4, -0.2) is 49.2 Å². The highest BCUT2D eigenvalue weighted by Gasteiger charge is 2.27. The zero-order valence-corrected chi connectivity index (χ0v) is 16.9. The second-order valence-electron chi connectivity index (χ2n) is 6.68. The summed E-state index contributed by atoms with van der Waals surface area (Å²) >= 11 is 0. The molecule has 1 fully saturated rings. The minimum atomic E-state index is -3.61. The van der Waals surface area contributed by atoms with Crippen molar-refractivity contribution < 1.29 is 32.1 Å². The highest BCUT2D eigenvalue weighted by atomic mass is 32.2. The zero-order valence-electron chi connectivity index (χ0n) is 16.1. The second-order valence-corrected chi connectivity index (χ2v) is 8.62. The van der Waals surface area contributed by atoms with Gasteiger partial charge in [0.05, 0.1) is 15.4 Å². The smallest absolute Gasteiger partial charge is 0.338 e. The molecule has 0 spiro atoms. The molecule has 0 saturated carbocycles. The number of rotatable bonds is 7. The Bertz CT molecular complexity index is 1110. The highest BCUT2D eigenvalue weighted by Crippen LogP contribution is 2.22. The predicted molar refractivity (Wildman–Crippen MR) is 106 cm³/mol. The van der Waals surface area contributed by atoms with Gasteiger partial charge in [0, 0.05) is 24.8 Å². The molecule has 0 aromatic heterocycles. The fourth-order valence-electron chi connectivity index (χ4n) is 2.98. The molecule has 0 atom stereocenters. The van der Waals surface area contributed by atoms with E-state index < -0.39 is 44.9 Å². The van der Waals surface area contributed by atoms with Gasteiger partial charge in [0.2, 0.25) is 15.8 Å². The van der Waals surface area contributed by atoms with E-state index in [4.69, 9.17) is 4.74 Å². The molecule has 2 aromatic carbocycles. The van der Waals surface area contributed by atoms with E-state index in [1.165, 1.54) is 28.6 Å². The molecule has 3 rings (SSSR count). The summed E-state index contributed by atoms with van der Waals surface area (Å²) in [6.45, 7) is 0.217. The van der Waals surface area contributed by atoms with Crippen LogP contribution in [0.2, 0.25) is 0 Å². The van der Waals surface area contributed by atoms with Crippen molar-refractivity contribution in [2.45, 2.75) is 17.7 Å². The number of ether oxygens (including phenoxy) is 1. The molecule has 2 aromatic rings. The lowest BCUT2D eigenvalue weighted by Gasteiger charge is -2.15. The van der Waals surface area contributed by atoms with Crippen LogP contribution in [-0.2, 0) is 19.6 Å². The molecule has 1 heterocycles. The summed E-state index contributed by atoms with van der Waals surface area (Å²) in [5.74, 6) is -2.70. The van der Waals surface area contributed by atoms with Crippen LogP contribution in [0.1, 0.15) is 23.2 Å². The van der Waals surface area contributed by atoms with E-state index in [1.54, 1.807) is 0 Å². The predicted octanol–water partition coefficient (Wildman–Crippen LogP) is 2.31. The number of hydrogen-bond acceptors (Lipinski definition) is 7. The summed E-state index contributed by atoms with van der Waals surface area (Å²) < 4.78 is 44.5. The summed E-state index contributed by atoms with van der Waals surface area (Å²) in [6.07, 6.45) is 1.61. The van der Waals surface area contributed by atoms with E-state index in [1.807, 2.05) is 0 Å². The van der Waals surface area contributed by atoms with Crippen LogP contribution < -0.4 is 5.32 Å². The minimum absolute atomic E-state index is 0.0365. The lowest BCUT2D eigenvalue weighted by Crippen LogP contribution is -2.27. The van der Waals surface area contributed by atoms with Crippen molar-refractivity contribution in [2.75, 3.05) is 25.0 Å². The van der Waals surface area contributed by atoms with Crippen LogP contribution in [0.4, 0.5) is 15.8 Å². The summed E-state index contributed by atoms with van der Waals surface area (Å²) in [6, 6.07) is 7.96. The molecule has 164 valence electrons. The maximum Gasteiger partial charge on any atom is 0.338 e. The number of sulfonamides is 1. The molecule has 0 radical (unpaired) electrons. The van der Waals surface area contributed by atoms with E-state index in [9.17, 15) is 32.5 Å². The number of amides is 1. The van der Waals surface area contributed by atoms with E-state index in [2.05, 4.69) is 5.32 Å². The Morgan fingerprint density at radius 3 is 2.39 bits per heavy atom. The number of halogens is 1. The number of hydrogen-bond donors (Lipinski definition) is 1. The van der Waals surface area contributed by atoms with Gasteiger partial charge in [-0.3, -0.25) is 14.9 Å². The average Bonchev–Trinajstić information content (AvgIpc) is 3.29. The van der Waals surface area contributed by atoms with Crippen LogP contribution in [0, 0.1) is 15.9 Å². The molecular formula is C19H18FN3O7S. The molecule has 10 nitrogen and oxygen atoms in total. The SMILES string of the molecule is O=C(COC(=O)c1ccc(S(=O)(=O)N2CCCC2)cc1)Nc1ccc(F)c([N+](=O)[O-])c1. The van der Waals surface area contributed by atoms with E-state index in [0.29, 0.717) is 13.1 Å². The summed E-state index contributed by atoms with van der Waals surface area (Å²) in [7, 11) is -3.61. The third-order valence-corrected chi connectivity index (χ3v) is 6.47. The molecule has 1 aliphatic heterocycles.